The lowest BCUT2D eigenvalue weighted by Gasteiger charge is -2.20. The first-order valence-electron chi connectivity index (χ1n) is 11.7. The number of nitrogens with one attached hydrogen (secondary N) is 2. The number of benzene rings is 3. The van der Waals surface area contributed by atoms with Gasteiger partial charge in [-0.15, -0.1) is 0 Å². The Morgan fingerprint density at radius 1 is 1.00 bits per heavy atom. The average molecular weight is 472 g/mol. The van der Waals surface area contributed by atoms with Gasteiger partial charge in [0.2, 0.25) is 0 Å². The van der Waals surface area contributed by atoms with E-state index in [0.717, 1.165) is 28.8 Å². The molecule has 3 amide bonds. The monoisotopic (exact) mass is 471 g/mol. The van der Waals surface area contributed by atoms with Crippen LogP contribution in [0.15, 0.2) is 72.8 Å². The Morgan fingerprint density at radius 2 is 1.74 bits per heavy atom. The van der Waals surface area contributed by atoms with Crippen LogP contribution in [0.2, 0.25) is 0 Å². The number of fused-ring (bicyclic) bond motifs is 1. The Bertz CT molecular complexity index is 1210. The lowest BCUT2D eigenvalue weighted by atomic mass is 10.0. The highest BCUT2D eigenvalue weighted by molar-refractivity contribution is 6.07. The summed E-state index contributed by atoms with van der Waals surface area (Å²) in [6.45, 7) is 4.60. The SMILES string of the molecule is CCOC(=O)C[C@@H](NC(=O)Nc1ccc2c(c1)N(C(=O)c1ccc(C)cc1)CC2)c1ccccc1. The van der Waals surface area contributed by atoms with Crippen LogP contribution in [0.5, 0.6) is 0 Å². The van der Waals surface area contributed by atoms with Crippen LogP contribution in [0.4, 0.5) is 16.2 Å². The Morgan fingerprint density at radius 3 is 2.46 bits per heavy atom. The largest absolute Gasteiger partial charge is 0.466 e. The fraction of sp³-hybridized carbons (Fsp3) is 0.250. The first-order valence-corrected chi connectivity index (χ1v) is 11.7. The standard InChI is InChI=1S/C28H29N3O4/c1-3-35-26(32)18-24(20-7-5-4-6-8-20)30-28(34)29-23-14-13-21-15-16-31(25(21)17-23)27(33)22-11-9-19(2)10-12-22/h4-14,17,24H,3,15-16,18H2,1-2H3,(H2,29,30,34)/t24-/m1/s1. The predicted molar refractivity (Wildman–Crippen MR) is 136 cm³/mol. The maximum Gasteiger partial charge on any atom is 0.319 e. The molecule has 1 aliphatic heterocycles. The topological polar surface area (TPSA) is 87.7 Å². The van der Waals surface area contributed by atoms with E-state index < -0.39 is 12.1 Å². The molecule has 4 rings (SSSR count). The van der Waals surface area contributed by atoms with Gasteiger partial charge in [0.25, 0.3) is 5.91 Å². The van der Waals surface area contributed by atoms with E-state index in [-0.39, 0.29) is 24.9 Å². The molecule has 2 N–H and O–H groups in total. The second-order valence-corrected chi connectivity index (χ2v) is 8.49. The fourth-order valence-corrected chi connectivity index (χ4v) is 4.17. The number of ether oxygens (including phenoxy) is 1. The summed E-state index contributed by atoms with van der Waals surface area (Å²) in [5, 5.41) is 5.72. The number of rotatable bonds is 7. The highest BCUT2D eigenvalue weighted by Crippen LogP contribution is 2.32. The molecule has 0 radical (unpaired) electrons. The van der Waals surface area contributed by atoms with Crippen molar-refractivity contribution >= 4 is 29.3 Å². The van der Waals surface area contributed by atoms with Gasteiger partial charge in [-0.2, -0.15) is 0 Å². The minimum atomic E-state index is -0.538. The molecule has 0 aromatic heterocycles. The molecule has 3 aromatic carbocycles. The van der Waals surface area contributed by atoms with Crippen molar-refractivity contribution in [2.45, 2.75) is 32.7 Å². The molecule has 7 nitrogen and oxygen atoms in total. The number of amides is 3. The molecule has 0 bridgehead atoms. The third-order valence-corrected chi connectivity index (χ3v) is 5.97. The molecule has 1 aliphatic rings. The number of aryl methyl sites for hydroxylation is 1. The molecule has 0 saturated carbocycles. The van der Waals surface area contributed by atoms with Crippen LogP contribution < -0.4 is 15.5 Å². The Kier molecular flexibility index (Phi) is 7.45. The average Bonchev–Trinajstić information content (AvgIpc) is 3.27. The van der Waals surface area contributed by atoms with Crippen LogP contribution in [0.25, 0.3) is 0 Å². The van der Waals surface area contributed by atoms with Gasteiger partial charge >= 0.3 is 12.0 Å². The van der Waals surface area contributed by atoms with Crippen molar-refractivity contribution in [3.63, 3.8) is 0 Å². The predicted octanol–water partition coefficient (Wildman–Crippen LogP) is 5.01. The van der Waals surface area contributed by atoms with E-state index in [1.54, 1.807) is 11.8 Å². The maximum absolute atomic E-state index is 13.1. The normalized spacial score (nSPS) is 13.0. The lowest BCUT2D eigenvalue weighted by molar-refractivity contribution is -0.143. The minimum Gasteiger partial charge on any atom is -0.466 e. The van der Waals surface area contributed by atoms with E-state index in [9.17, 15) is 14.4 Å². The van der Waals surface area contributed by atoms with E-state index in [0.29, 0.717) is 17.8 Å². The van der Waals surface area contributed by atoms with Crippen molar-refractivity contribution in [2.75, 3.05) is 23.4 Å². The summed E-state index contributed by atoms with van der Waals surface area (Å²) in [6, 6.07) is 21.4. The van der Waals surface area contributed by atoms with Gasteiger partial charge in [-0.1, -0.05) is 54.1 Å². The van der Waals surface area contributed by atoms with E-state index in [1.165, 1.54) is 0 Å². The summed E-state index contributed by atoms with van der Waals surface area (Å²) < 4.78 is 5.07. The summed E-state index contributed by atoms with van der Waals surface area (Å²) in [6.07, 6.45) is 0.781. The second-order valence-electron chi connectivity index (χ2n) is 8.49. The Hall–Kier alpha value is -4.13. The van der Waals surface area contributed by atoms with Crippen molar-refractivity contribution in [1.82, 2.24) is 5.32 Å². The number of carbonyl (C=O) groups is 3. The van der Waals surface area contributed by atoms with Crippen LogP contribution in [0, 0.1) is 6.92 Å². The van der Waals surface area contributed by atoms with Gasteiger partial charge in [-0.3, -0.25) is 9.59 Å². The third-order valence-electron chi connectivity index (χ3n) is 5.97. The zero-order valence-corrected chi connectivity index (χ0v) is 19.9. The van der Waals surface area contributed by atoms with Crippen LogP contribution in [-0.4, -0.2) is 31.1 Å². The smallest absolute Gasteiger partial charge is 0.319 e. The summed E-state index contributed by atoms with van der Waals surface area (Å²) in [5.74, 6) is -0.451. The molecule has 1 heterocycles. The molecular weight excluding hydrogens is 442 g/mol. The number of nitrogens with zero attached hydrogens (tertiary/aromatic N) is 1. The first kappa shape index (κ1) is 24.0. The molecule has 1 atom stereocenters. The number of hydrogen-bond acceptors (Lipinski definition) is 4. The van der Waals surface area contributed by atoms with Crippen LogP contribution >= 0.6 is 0 Å². The number of esters is 1. The molecule has 7 heteroatoms. The molecular formula is C28H29N3O4. The summed E-state index contributed by atoms with van der Waals surface area (Å²) in [5.41, 5.74) is 4.94. The van der Waals surface area contributed by atoms with Crippen molar-refractivity contribution in [3.8, 4) is 0 Å². The molecule has 35 heavy (non-hydrogen) atoms. The molecule has 0 saturated heterocycles. The van der Waals surface area contributed by atoms with E-state index in [4.69, 9.17) is 4.74 Å². The van der Waals surface area contributed by atoms with Gasteiger partial charge in [0.1, 0.15) is 0 Å². The van der Waals surface area contributed by atoms with Gasteiger partial charge in [0.15, 0.2) is 0 Å². The molecule has 3 aromatic rings. The van der Waals surface area contributed by atoms with Crippen LogP contribution in [-0.2, 0) is 16.0 Å². The summed E-state index contributed by atoms with van der Waals surface area (Å²) >= 11 is 0. The van der Waals surface area contributed by atoms with Crippen molar-refractivity contribution in [3.05, 3.63) is 95.1 Å². The van der Waals surface area contributed by atoms with Crippen molar-refractivity contribution < 1.29 is 19.1 Å². The number of anilines is 2. The van der Waals surface area contributed by atoms with Gasteiger partial charge < -0.3 is 20.3 Å². The summed E-state index contributed by atoms with van der Waals surface area (Å²) in [4.78, 5) is 39.8. The van der Waals surface area contributed by atoms with Gasteiger partial charge in [0, 0.05) is 23.5 Å². The highest BCUT2D eigenvalue weighted by Gasteiger charge is 2.26. The molecule has 0 unspecified atom stereocenters. The van der Waals surface area contributed by atoms with E-state index in [2.05, 4.69) is 10.6 Å². The molecule has 0 fully saturated rings. The molecule has 0 spiro atoms. The van der Waals surface area contributed by atoms with E-state index >= 15 is 0 Å². The van der Waals surface area contributed by atoms with E-state index in [1.807, 2.05) is 79.7 Å². The van der Waals surface area contributed by atoms with Crippen LogP contribution in [0.1, 0.15) is 46.4 Å². The van der Waals surface area contributed by atoms with Crippen molar-refractivity contribution in [2.24, 2.45) is 0 Å². The number of carbonyl (C=O) groups excluding carboxylic acids is 3. The molecule has 180 valence electrons. The number of hydrogen-bond donors (Lipinski definition) is 2. The zero-order valence-electron chi connectivity index (χ0n) is 19.9. The van der Waals surface area contributed by atoms with Crippen LogP contribution in [0.3, 0.4) is 0 Å². The van der Waals surface area contributed by atoms with Crippen molar-refractivity contribution in [1.29, 1.82) is 0 Å². The number of urea groups is 1. The highest BCUT2D eigenvalue weighted by atomic mass is 16.5. The first-order chi connectivity index (χ1) is 16.9. The lowest BCUT2D eigenvalue weighted by Crippen LogP contribution is -2.34. The van der Waals surface area contributed by atoms with Gasteiger partial charge in [-0.05, 0) is 55.7 Å². The zero-order chi connectivity index (χ0) is 24.8. The van der Waals surface area contributed by atoms with Gasteiger partial charge in [-0.25, -0.2) is 4.79 Å². The fourth-order valence-electron chi connectivity index (χ4n) is 4.17. The third kappa shape index (κ3) is 5.87. The minimum absolute atomic E-state index is 0.0221. The molecule has 0 aliphatic carbocycles. The second kappa shape index (κ2) is 10.9. The Labute approximate surface area is 205 Å². The Balaban J connectivity index is 1.47. The summed E-state index contributed by atoms with van der Waals surface area (Å²) in [7, 11) is 0. The quantitative estimate of drug-likeness (QED) is 0.474. The van der Waals surface area contributed by atoms with Gasteiger partial charge in [0.05, 0.1) is 19.1 Å². The maximum atomic E-state index is 13.1.